The topological polar surface area (TPSA) is 49.8 Å². The normalized spacial score (nSPS) is 10.7. The highest BCUT2D eigenvalue weighted by Gasteiger charge is 2.11. The lowest BCUT2D eigenvalue weighted by Crippen LogP contribution is -2.20. The fourth-order valence-electron chi connectivity index (χ4n) is 1.79. The quantitative estimate of drug-likeness (QED) is 0.796. The number of aromatic nitrogens is 2. The summed E-state index contributed by atoms with van der Waals surface area (Å²) >= 11 is 0. The summed E-state index contributed by atoms with van der Waals surface area (Å²) in [5.74, 6) is 2.70. The van der Waals surface area contributed by atoms with Gasteiger partial charge < -0.3 is 10.6 Å². The van der Waals surface area contributed by atoms with Crippen molar-refractivity contribution in [2.24, 2.45) is 0 Å². The lowest BCUT2D eigenvalue weighted by molar-refractivity contribution is 0.667. The lowest BCUT2D eigenvalue weighted by atomic mass is 10.1. The average Bonchev–Trinajstić information content (AvgIpc) is 2.31. The molecule has 1 rings (SSSR count). The highest BCUT2D eigenvalue weighted by molar-refractivity contribution is 5.57. The van der Waals surface area contributed by atoms with Crippen LogP contribution in [-0.4, -0.2) is 22.6 Å². The molecule has 96 valence electrons. The van der Waals surface area contributed by atoms with Gasteiger partial charge >= 0.3 is 0 Å². The number of hydrogen-bond donors (Lipinski definition) is 2. The Morgan fingerprint density at radius 2 is 1.59 bits per heavy atom. The molecule has 1 aromatic heterocycles. The molecule has 0 aliphatic heterocycles. The van der Waals surface area contributed by atoms with Gasteiger partial charge in [-0.15, -0.1) is 0 Å². The van der Waals surface area contributed by atoms with E-state index in [4.69, 9.17) is 0 Å². The van der Waals surface area contributed by atoms with E-state index < -0.39 is 0 Å². The van der Waals surface area contributed by atoms with Crippen LogP contribution in [0.1, 0.15) is 45.0 Å². The minimum absolute atomic E-state index is 0.484. The van der Waals surface area contributed by atoms with Gasteiger partial charge in [0.2, 0.25) is 0 Å². The van der Waals surface area contributed by atoms with Gasteiger partial charge in [0.15, 0.2) is 0 Å². The van der Waals surface area contributed by atoms with E-state index in [1.807, 2.05) is 6.92 Å². The predicted octanol–water partition coefficient (Wildman–Crippen LogP) is 3.13. The number of hydrogen-bond acceptors (Lipinski definition) is 4. The van der Waals surface area contributed by atoms with Crippen LogP contribution < -0.4 is 10.6 Å². The second-order valence-corrected chi connectivity index (χ2v) is 4.28. The van der Waals surface area contributed by atoms with Crippen molar-refractivity contribution in [1.82, 2.24) is 9.97 Å². The third-order valence-electron chi connectivity index (χ3n) is 2.93. The van der Waals surface area contributed by atoms with Crippen molar-refractivity contribution in [1.29, 1.82) is 0 Å². The summed E-state index contributed by atoms with van der Waals surface area (Å²) in [6, 6.07) is 0.484. The third-order valence-corrected chi connectivity index (χ3v) is 2.93. The monoisotopic (exact) mass is 236 g/mol. The van der Waals surface area contributed by atoms with Crippen LogP contribution >= 0.6 is 0 Å². The maximum absolute atomic E-state index is 4.49. The van der Waals surface area contributed by atoms with E-state index in [1.54, 1.807) is 0 Å². The molecule has 0 radical (unpaired) electrons. The first-order chi connectivity index (χ1) is 8.12. The molecule has 1 aromatic rings. The second kappa shape index (κ2) is 6.42. The zero-order chi connectivity index (χ0) is 12.8. The molecule has 0 spiro atoms. The molecule has 0 aromatic carbocycles. The summed E-state index contributed by atoms with van der Waals surface area (Å²) in [5, 5.41) is 6.77. The molecule has 0 unspecified atom stereocenters. The fourth-order valence-corrected chi connectivity index (χ4v) is 1.79. The molecule has 0 amide bonds. The van der Waals surface area contributed by atoms with Gasteiger partial charge in [-0.2, -0.15) is 0 Å². The van der Waals surface area contributed by atoms with E-state index in [9.17, 15) is 0 Å². The Morgan fingerprint density at radius 1 is 1.00 bits per heavy atom. The number of aryl methyl sites for hydroxylation is 1. The zero-order valence-electron chi connectivity index (χ0n) is 11.6. The molecule has 0 bridgehead atoms. The first-order valence-corrected chi connectivity index (χ1v) is 6.47. The van der Waals surface area contributed by atoms with E-state index in [2.05, 4.69) is 48.3 Å². The summed E-state index contributed by atoms with van der Waals surface area (Å²) in [4.78, 5) is 8.91. The van der Waals surface area contributed by atoms with Gasteiger partial charge in [-0.05, 0) is 33.6 Å². The Kier molecular flexibility index (Phi) is 5.19. The van der Waals surface area contributed by atoms with Crippen LogP contribution in [-0.2, 0) is 0 Å². The van der Waals surface area contributed by atoms with E-state index >= 15 is 0 Å². The van der Waals surface area contributed by atoms with Gasteiger partial charge in [0.25, 0.3) is 0 Å². The second-order valence-electron chi connectivity index (χ2n) is 4.28. The Hall–Kier alpha value is -1.32. The van der Waals surface area contributed by atoms with Crippen LogP contribution in [0, 0.1) is 13.8 Å². The van der Waals surface area contributed by atoms with Crippen LogP contribution in [0.2, 0.25) is 0 Å². The van der Waals surface area contributed by atoms with Crippen molar-refractivity contribution in [3.63, 3.8) is 0 Å². The predicted molar refractivity (Wildman–Crippen MR) is 73.7 cm³/mol. The van der Waals surface area contributed by atoms with Gasteiger partial charge in [-0.3, -0.25) is 0 Å². The SMILES string of the molecule is CCNc1nc(C)nc(NC(CC)CC)c1C. The summed E-state index contributed by atoms with van der Waals surface area (Å²) in [6.07, 6.45) is 2.21. The molecule has 4 nitrogen and oxygen atoms in total. The first kappa shape index (κ1) is 13.7. The van der Waals surface area contributed by atoms with Gasteiger partial charge in [0.1, 0.15) is 17.5 Å². The molecule has 0 fully saturated rings. The first-order valence-electron chi connectivity index (χ1n) is 6.47. The molecule has 0 aliphatic carbocycles. The number of anilines is 2. The zero-order valence-corrected chi connectivity index (χ0v) is 11.6. The highest BCUT2D eigenvalue weighted by Crippen LogP contribution is 2.21. The maximum atomic E-state index is 4.49. The molecule has 2 N–H and O–H groups in total. The summed E-state index contributed by atoms with van der Waals surface area (Å²) < 4.78 is 0. The van der Waals surface area contributed by atoms with Crippen LogP contribution in [0.25, 0.3) is 0 Å². The summed E-state index contributed by atoms with van der Waals surface area (Å²) in [6.45, 7) is 11.3. The summed E-state index contributed by atoms with van der Waals surface area (Å²) in [7, 11) is 0. The van der Waals surface area contributed by atoms with Gasteiger partial charge in [-0.25, -0.2) is 9.97 Å². The molecule has 0 saturated carbocycles. The van der Waals surface area contributed by atoms with Crippen molar-refractivity contribution in [3.05, 3.63) is 11.4 Å². The Morgan fingerprint density at radius 3 is 2.12 bits per heavy atom. The van der Waals surface area contributed by atoms with E-state index in [0.717, 1.165) is 42.4 Å². The van der Waals surface area contributed by atoms with Gasteiger partial charge in [0, 0.05) is 18.2 Å². The van der Waals surface area contributed by atoms with Crippen molar-refractivity contribution < 1.29 is 0 Å². The Bertz CT molecular complexity index is 359. The minimum Gasteiger partial charge on any atom is -0.370 e. The number of rotatable bonds is 6. The van der Waals surface area contributed by atoms with E-state index in [0.29, 0.717) is 6.04 Å². The Balaban J connectivity index is 2.98. The molecule has 17 heavy (non-hydrogen) atoms. The average molecular weight is 236 g/mol. The molecule has 4 heteroatoms. The fraction of sp³-hybridized carbons (Fsp3) is 0.692. The molecule has 1 heterocycles. The maximum Gasteiger partial charge on any atom is 0.134 e. The van der Waals surface area contributed by atoms with Crippen LogP contribution in [0.4, 0.5) is 11.6 Å². The van der Waals surface area contributed by atoms with Crippen molar-refractivity contribution in [2.45, 2.75) is 53.5 Å². The van der Waals surface area contributed by atoms with Crippen LogP contribution in [0.3, 0.4) is 0 Å². The van der Waals surface area contributed by atoms with Crippen molar-refractivity contribution in [3.8, 4) is 0 Å². The molecule has 0 aliphatic rings. The molecular weight excluding hydrogens is 212 g/mol. The minimum atomic E-state index is 0.484. The lowest BCUT2D eigenvalue weighted by Gasteiger charge is -2.19. The molecule has 0 saturated heterocycles. The number of nitrogens with one attached hydrogen (secondary N) is 2. The van der Waals surface area contributed by atoms with E-state index in [1.165, 1.54) is 0 Å². The van der Waals surface area contributed by atoms with Gasteiger partial charge in [-0.1, -0.05) is 13.8 Å². The highest BCUT2D eigenvalue weighted by atomic mass is 15.1. The van der Waals surface area contributed by atoms with Gasteiger partial charge in [0.05, 0.1) is 0 Å². The molecular formula is C13H24N4. The standard InChI is InChI=1S/C13H24N4/c1-6-11(7-2)17-13-9(4)12(14-8-3)15-10(5)16-13/h11H,6-8H2,1-5H3,(H2,14,15,16,17). The van der Waals surface area contributed by atoms with Crippen molar-refractivity contribution >= 4 is 11.6 Å². The number of nitrogens with zero attached hydrogens (tertiary/aromatic N) is 2. The van der Waals surface area contributed by atoms with E-state index in [-0.39, 0.29) is 0 Å². The Labute approximate surface area is 104 Å². The third kappa shape index (κ3) is 3.58. The van der Waals surface area contributed by atoms with Crippen molar-refractivity contribution in [2.75, 3.05) is 17.2 Å². The summed E-state index contributed by atoms with van der Waals surface area (Å²) in [5.41, 5.74) is 1.10. The smallest absolute Gasteiger partial charge is 0.134 e. The van der Waals surface area contributed by atoms with Crippen LogP contribution in [0.15, 0.2) is 0 Å². The molecule has 0 atom stereocenters. The largest absolute Gasteiger partial charge is 0.370 e. The van der Waals surface area contributed by atoms with Crippen LogP contribution in [0.5, 0.6) is 0 Å².